The number of hydrogen-bond acceptors (Lipinski definition) is 4. The van der Waals surface area contributed by atoms with Crippen LogP contribution in [0.3, 0.4) is 0 Å². The van der Waals surface area contributed by atoms with Gasteiger partial charge in [0.15, 0.2) is 0 Å². The van der Waals surface area contributed by atoms with E-state index in [4.69, 9.17) is 5.73 Å². The second kappa shape index (κ2) is 5.06. The van der Waals surface area contributed by atoms with E-state index in [0.29, 0.717) is 24.8 Å². The fourth-order valence-electron chi connectivity index (χ4n) is 3.22. The van der Waals surface area contributed by atoms with E-state index in [1.54, 1.807) is 19.2 Å². The Morgan fingerprint density at radius 3 is 2.68 bits per heavy atom. The van der Waals surface area contributed by atoms with E-state index in [2.05, 4.69) is 5.32 Å². The summed E-state index contributed by atoms with van der Waals surface area (Å²) in [6.07, 6.45) is 3.67. The minimum absolute atomic E-state index is 0.0391. The lowest BCUT2D eigenvalue weighted by Crippen LogP contribution is -2.64. The summed E-state index contributed by atoms with van der Waals surface area (Å²) in [4.78, 5) is 24.8. The van der Waals surface area contributed by atoms with E-state index in [1.165, 1.54) is 11.3 Å². The maximum absolute atomic E-state index is 12.3. The average Bonchev–Trinajstić information content (AvgIpc) is 3.17. The Hall–Kier alpha value is -1.40. The largest absolute Gasteiger partial charge is 0.388 e. The van der Waals surface area contributed by atoms with Gasteiger partial charge in [-0.1, -0.05) is 0 Å². The maximum atomic E-state index is 12.3. The second-order valence-electron chi connectivity index (χ2n) is 7.00. The summed E-state index contributed by atoms with van der Waals surface area (Å²) in [5, 5.41) is 15.6. The molecule has 4 N–H and O–H groups in total. The minimum atomic E-state index is -1.04. The molecule has 6 heteroatoms. The first-order chi connectivity index (χ1) is 10.2. The molecule has 0 spiro atoms. The zero-order valence-corrected chi connectivity index (χ0v) is 13.8. The normalized spacial score (nSPS) is 24.7. The van der Waals surface area contributed by atoms with Crippen molar-refractivity contribution in [2.24, 2.45) is 11.7 Å². The van der Waals surface area contributed by atoms with Crippen molar-refractivity contribution in [3.8, 4) is 0 Å². The van der Waals surface area contributed by atoms with Crippen LogP contribution < -0.4 is 11.1 Å². The molecule has 1 unspecified atom stereocenters. The quantitative estimate of drug-likeness (QED) is 0.782. The Kier molecular flexibility index (Phi) is 3.57. The molecule has 22 heavy (non-hydrogen) atoms. The number of carbonyl (C=O) groups is 2. The lowest BCUT2D eigenvalue weighted by molar-refractivity contribution is -0.129. The highest BCUT2D eigenvalue weighted by Crippen LogP contribution is 2.41. The fourth-order valence-corrected chi connectivity index (χ4v) is 4.42. The SMILES string of the molecule is CC(C)(O)C1(NC(=O)C2CC2)CCc2c(C(N)=O)csc2C1. The molecule has 0 radical (unpaired) electrons. The number of rotatable bonds is 4. The van der Waals surface area contributed by atoms with Crippen molar-refractivity contribution in [2.45, 2.75) is 57.1 Å². The van der Waals surface area contributed by atoms with Gasteiger partial charge >= 0.3 is 0 Å². The molecule has 120 valence electrons. The van der Waals surface area contributed by atoms with Crippen molar-refractivity contribution < 1.29 is 14.7 Å². The van der Waals surface area contributed by atoms with Crippen LogP contribution in [-0.2, 0) is 17.6 Å². The summed E-state index contributed by atoms with van der Waals surface area (Å²) < 4.78 is 0. The molecule has 1 aromatic heterocycles. The molecule has 1 fully saturated rings. The first kappa shape index (κ1) is 15.5. The van der Waals surface area contributed by atoms with Crippen LogP contribution in [0.1, 0.15) is 53.9 Å². The third kappa shape index (κ3) is 2.54. The molecule has 0 saturated heterocycles. The predicted octanol–water partition coefficient (Wildman–Crippen LogP) is 1.37. The van der Waals surface area contributed by atoms with Gasteiger partial charge in [-0.15, -0.1) is 11.3 Å². The lowest BCUT2D eigenvalue weighted by atomic mass is 9.71. The number of carbonyl (C=O) groups excluding carboxylic acids is 2. The number of aliphatic hydroxyl groups is 1. The number of thiophene rings is 1. The maximum Gasteiger partial charge on any atom is 0.249 e. The van der Waals surface area contributed by atoms with Crippen LogP contribution in [0.25, 0.3) is 0 Å². The summed E-state index contributed by atoms with van der Waals surface area (Å²) >= 11 is 1.49. The lowest BCUT2D eigenvalue weighted by Gasteiger charge is -2.46. The zero-order valence-electron chi connectivity index (χ0n) is 12.9. The molecule has 3 rings (SSSR count). The van der Waals surface area contributed by atoms with Crippen molar-refractivity contribution in [1.82, 2.24) is 5.32 Å². The van der Waals surface area contributed by atoms with Gasteiger partial charge in [0.05, 0.1) is 16.7 Å². The Bertz CT molecular complexity index is 628. The van der Waals surface area contributed by atoms with Gasteiger partial charge in [-0.2, -0.15) is 0 Å². The minimum Gasteiger partial charge on any atom is -0.388 e. The number of nitrogens with two attached hydrogens (primary N) is 1. The predicted molar refractivity (Wildman–Crippen MR) is 84.8 cm³/mol. The molecule has 1 saturated carbocycles. The van der Waals surface area contributed by atoms with E-state index in [-0.39, 0.29) is 11.8 Å². The van der Waals surface area contributed by atoms with Crippen LogP contribution in [0.2, 0.25) is 0 Å². The number of nitrogens with one attached hydrogen (secondary N) is 1. The summed E-state index contributed by atoms with van der Waals surface area (Å²) in [6, 6.07) is 0. The monoisotopic (exact) mass is 322 g/mol. The standard InChI is InChI=1S/C16H22N2O3S/c1-15(2,21)16(18-14(20)9-3-4-9)6-5-10-11(13(17)19)8-22-12(10)7-16/h8-9,21H,3-7H2,1-2H3,(H2,17,19)(H,18,20). The zero-order chi connectivity index (χ0) is 16.1. The molecule has 1 aromatic rings. The van der Waals surface area contributed by atoms with Gasteiger partial charge < -0.3 is 16.2 Å². The molecule has 0 aromatic carbocycles. The Morgan fingerprint density at radius 1 is 1.45 bits per heavy atom. The third-order valence-electron chi connectivity index (χ3n) is 4.99. The first-order valence-electron chi connectivity index (χ1n) is 7.67. The van der Waals surface area contributed by atoms with Crippen molar-refractivity contribution in [3.05, 3.63) is 21.4 Å². The highest BCUT2D eigenvalue weighted by molar-refractivity contribution is 7.10. The fraction of sp³-hybridized carbons (Fsp3) is 0.625. The van der Waals surface area contributed by atoms with Crippen LogP contribution in [0.15, 0.2) is 5.38 Å². The van der Waals surface area contributed by atoms with Crippen LogP contribution in [-0.4, -0.2) is 28.1 Å². The van der Waals surface area contributed by atoms with Crippen molar-refractivity contribution >= 4 is 23.2 Å². The highest BCUT2D eigenvalue weighted by Gasteiger charge is 2.49. The van der Waals surface area contributed by atoms with E-state index in [0.717, 1.165) is 23.3 Å². The van der Waals surface area contributed by atoms with E-state index in [9.17, 15) is 14.7 Å². The van der Waals surface area contributed by atoms with E-state index in [1.807, 2.05) is 0 Å². The van der Waals surface area contributed by atoms with E-state index >= 15 is 0 Å². The molecule has 2 aliphatic rings. The smallest absolute Gasteiger partial charge is 0.249 e. The number of hydrogen-bond donors (Lipinski definition) is 3. The molecule has 2 aliphatic carbocycles. The summed E-state index contributed by atoms with van der Waals surface area (Å²) in [5.41, 5.74) is 5.26. The summed E-state index contributed by atoms with van der Waals surface area (Å²) in [6.45, 7) is 3.49. The van der Waals surface area contributed by atoms with Gasteiger partial charge in [0, 0.05) is 22.6 Å². The first-order valence-corrected chi connectivity index (χ1v) is 8.55. The van der Waals surface area contributed by atoms with Gasteiger partial charge in [-0.05, 0) is 45.1 Å². The van der Waals surface area contributed by atoms with E-state index < -0.39 is 17.0 Å². The second-order valence-corrected chi connectivity index (χ2v) is 7.96. The van der Waals surface area contributed by atoms with Gasteiger partial charge in [-0.3, -0.25) is 9.59 Å². The number of fused-ring (bicyclic) bond motifs is 1. The van der Waals surface area contributed by atoms with Gasteiger partial charge in [-0.25, -0.2) is 0 Å². The molecule has 2 amide bonds. The number of amides is 2. The summed E-state index contributed by atoms with van der Waals surface area (Å²) in [5.74, 6) is -0.266. The van der Waals surface area contributed by atoms with Crippen LogP contribution in [0, 0.1) is 5.92 Å². The molecule has 0 bridgehead atoms. The number of primary amides is 1. The van der Waals surface area contributed by atoms with Crippen molar-refractivity contribution in [3.63, 3.8) is 0 Å². The molecule has 0 aliphatic heterocycles. The van der Waals surface area contributed by atoms with Gasteiger partial charge in [0.1, 0.15) is 0 Å². The highest BCUT2D eigenvalue weighted by atomic mass is 32.1. The summed E-state index contributed by atoms with van der Waals surface area (Å²) in [7, 11) is 0. The third-order valence-corrected chi connectivity index (χ3v) is 6.02. The van der Waals surface area contributed by atoms with Crippen molar-refractivity contribution in [1.29, 1.82) is 0 Å². The van der Waals surface area contributed by atoms with Crippen molar-refractivity contribution in [2.75, 3.05) is 0 Å². The van der Waals surface area contributed by atoms with Crippen LogP contribution >= 0.6 is 11.3 Å². The van der Waals surface area contributed by atoms with Crippen LogP contribution in [0.4, 0.5) is 0 Å². The Balaban J connectivity index is 1.91. The topological polar surface area (TPSA) is 92.4 Å². The average molecular weight is 322 g/mol. The Labute approximate surface area is 133 Å². The van der Waals surface area contributed by atoms with Gasteiger partial charge in [0.2, 0.25) is 11.8 Å². The molecule has 5 nitrogen and oxygen atoms in total. The molecule has 1 atom stereocenters. The van der Waals surface area contributed by atoms with Crippen LogP contribution in [0.5, 0.6) is 0 Å². The van der Waals surface area contributed by atoms with Gasteiger partial charge in [0.25, 0.3) is 0 Å². The molecular formula is C16H22N2O3S. The molecule has 1 heterocycles. The molecular weight excluding hydrogens is 300 g/mol. The Morgan fingerprint density at radius 2 is 2.14 bits per heavy atom.